The summed E-state index contributed by atoms with van der Waals surface area (Å²) >= 11 is 0. The van der Waals surface area contributed by atoms with Gasteiger partial charge in [0.15, 0.2) is 0 Å². The molecule has 78 valence electrons. The van der Waals surface area contributed by atoms with Crippen molar-refractivity contribution in [1.29, 1.82) is 5.26 Å². The molecule has 3 nitrogen and oxygen atoms in total. The third kappa shape index (κ3) is 1.50. The summed E-state index contributed by atoms with van der Waals surface area (Å²) in [6.45, 7) is 8.07. The molecule has 3 heteroatoms. The summed E-state index contributed by atoms with van der Waals surface area (Å²) < 4.78 is 0. The van der Waals surface area contributed by atoms with Crippen LogP contribution in [0.25, 0.3) is 0 Å². The van der Waals surface area contributed by atoms with E-state index in [2.05, 4.69) is 13.0 Å². The second-order valence-electron chi connectivity index (χ2n) is 4.56. The van der Waals surface area contributed by atoms with Gasteiger partial charge in [0.05, 0.1) is 17.5 Å². The Morgan fingerprint density at radius 1 is 1.71 bits per heavy atom. The zero-order valence-corrected chi connectivity index (χ0v) is 9.37. The van der Waals surface area contributed by atoms with Gasteiger partial charge in [0.2, 0.25) is 5.91 Å². The van der Waals surface area contributed by atoms with E-state index in [0.29, 0.717) is 6.42 Å². The molecular weight excluding hydrogens is 176 g/mol. The van der Waals surface area contributed by atoms with Crippen molar-refractivity contribution in [3.63, 3.8) is 0 Å². The van der Waals surface area contributed by atoms with Gasteiger partial charge in [-0.2, -0.15) is 5.26 Å². The minimum atomic E-state index is -0.304. The van der Waals surface area contributed by atoms with E-state index in [1.54, 1.807) is 0 Å². The number of hydrogen-bond acceptors (Lipinski definition) is 2. The van der Waals surface area contributed by atoms with Crippen LogP contribution in [0.5, 0.6) is 0 Å². The lowest BCUT2D eigenvalue weighted by Gasteiger charge is -2.37. The lowest BCUT2D eigenvalue weighted by Crippen LogP contribution is -2.48. The quantitative estimate of drug-likeness (QED) is 0.674. The first-order valence-electron chi connectivity index (χ1n) is 5.17. The molecule has 1 aliphatic heterocycles. The van der Waals surface area contributed by atoms with Crippen molar-refractivity contribution in [2.75, 3.05) is 0 Å². The summed E-state index contributed by atoms with van der Waals surface area (Å²) in [4.78, 5) is 13.6. The van der Waals surface area contributed by atoms with Gasteiger partial charge in [-0.25, -0.2) is 0 Å². The van der Waals surface area contributed by atoms with Gasteiger partial charge in [-0.1, -0.05) is 6.92 Å². The number of amides is 1. The molecule has 0 saturated carbocycles. The van der Waals surface area contributed by atoms with E-state index in [4.69, 9.17) is 5.26 Å². The largest absolute Gasteiger partial charge is 0.334 e. The molecule has 0 N–H and O–H groups in total. The fourth-order valence-corrected chi connectivity index (χ4v) is 2.21. The summed E-state index contributed by atoms with van der Waals surface area (Å²) in [5, 5.41) is 8.96. The Balaban J connectivity index is 2.96. The molecule has 2 atom stereocenters. The van der Waals surface area contributed by atoms with Gasteiger partial charge in [-0.3, -0.25) is 4.79 Å². The Hall–Kier alpha value is -1.04. The standard InChI is InChI=1S/C11H18N2O/c1-5-8(2)13-10(14)6-9(7-12)11(13,3)4/h8-9H,5-6H2,1-4H3. The summed E-state index contributed by atoms with van der Waals surface area (Å²) in [5.41, 5.74) is -0.304. The molecule has 0 spiro atoms. The molecule has 1 amide bonds. The van der Waals surface area contributed by atoms with Crippen LogP contribution in [0.4, 0.5) is 0 Å². The van der Waals surface area contributed by atoms with E-state index in [1.165, 1.54) is 0 Å². The second-order valence-corrected chi connectivity index (χ2v) is 4.56. The topological polar surface area (TPSA) is 44.1 Å². The molecule has 1 aliphatic rings. The Morgan fingerprint density at radius 3 is 2.64 bits per heavy atom. The van der Waals surface area contributed by atoms with Crippen molar-refractivity contribution < 1.29 is 4.79 Å². The average Bonchev–Trinajstić information content (AvgIpc) is 2.35. The van der Waals surface area contributed by atoms with Crippen LogP contribution in [0.1, 0.15) is 40.5 Å². The number of carbonyl (C=O) groups is 1. The fourth-order valence-electron chi connectivity index (χ4n) is 2.21. The second kappa shape index (κ2) is 3.61. The predicted molar refractivity (Wildman–Crippen MR) is 54.4 cm³/mol. The van der Waals surface area contributed by atoms with Crippen molar-refractivity contribution in [3.8, 4) is 6.07 Å². The first-order chi connectivity index (χ1) is 6.45. The van der Waals surface area contributed by atoms with Crippen LogP contribution in [0.15, 0.2) is 0 Å². The number of carbonyl (C=O) groups excluding carboxylic acids is 1. The highest BCUT2D eigenvalue weighted by Gasteiger charge is 2.47. The Labute approximate surface area is 85.7 Å². The first-order valence-corrected chi connectivity index (χ1v) is 5.17. The fraction of sp³-hybridized carbons (Fsp3) is 0.818. The van der Waals surface area contributed by atoms with Crippen LogP contribution >= 0.6 is 0 Å². The number of nitrogens with zero attached hydrogens (tertiary/aromatic N) is 2. The van der Waals surface area contributed by atoms with E-state index in [9.17, 15) is 4.79 Å². The molecule has 0 radical (unpaired) electrons. The highest BCUT2D eigenvalue weighted by atomic mass is 16.2. The molecule has 14 heavy (non-hydrogen) atoms. The summed E-state index contributed by atoms with van der Waals surface area (Å²) in [7, 11) is 0. The molecule has 0 aliphatic carbocycles. The minimum absolute atomic E-state index is 0.121. The minimum Gasteiger partial charge on any atom is -0.334 e. The maximum Gasteiger partial charge on any atom is 0.224 e. The number of likely N-dealkylation sites (tertiary alicyclic amines) is 1. The van der Waals surface area contributed by atoms with E-state index in [-0.39, 0.29) is 23.4 Å². The van der Waals surface area contributed by atoms with Crippen molar-refractivity contribution in [2.24, 2.45) is 5.92 Å². The Kier molecular flexibility index (Phi) is 2.84. The highest BCUT2D eigenvalue weighted by molar-refractivity contribution is 5.81. The summed E-state index contributed by atoms with van der Waals surface area (Å²) in [6.07, 6.45) is 1.32. The van der Waals surface area contributed by atoms with Gasteiger partial charge in [0.1, 0.15) is 0 Å². The van der Waals surface area contributed by atoms with Crippen molar-refractivity contribution in [2.45, 2.75) is 52.1 Å². The Morgan fingerprint density at radius 2 is 2.29 bits per heavy atom. The number of rotatable bonds is 2. The molecule has 1 rings (SSSR count). The molecule has 1 fully saturated rings. The van der Waals surface area contributed by atoms with Gasteiger partial charge >= 0.3 is 0 Å². The lowest BCUT2D eigenvalue weighted by atomic mass is 9.89. The van der Waals surface area contributed by atoms with Crippen molar-refractivity contribution >= 4 is 5.91 Å². The lowest BCUT2D eigenvalue weighted by molar-refractivity contribution is -0.132. The molecular formula is C11H18N2O. The third-order valence-electron chi connectivity index (χ3n) is 3.31. The molecule has 1 saturated heterocycles. The first kappa shape index (κ1) is 11.0. The zero-order valence-electron chi connectivity index (χ0n) is 9.37. The van der Waals surface area contributed by atoms with Crippen LogP contribution in [0.3, 0.4) is 0 Å². The number of hydrogen-bond donors (Lipinski definition) is 0. The third-order valence-corrected chi connectivity index (χ3v) is 3.31. The van der Waals surface area contributed by atoms with Gasteiger partial charge in [0, 0.05) is 12.5 Å². The molecule has 0 bridgehead atoms. The highest BCUT2D eigenvalue weighted by Crippen LogP contribution is 2.36. The zero-order chi connectivity index (χ0) is 10.9. The van der Waals surface area contributed by atoms with Crippen molar-refractivity contribution in [1.82, 2.24) is 4.90 Å². The molecule has 1 heterocycles. The van der Waals surface area contributed by atoms with E-state index in [0.717, 1.165) is 6.42 Å². The van der Waals surface area contributed by atoms with Crippen LogP contribution in [-0.2, 0) is 4.79 Å². The van der Waals surface area contributed by atoms with Crippen LogP contribution < -0.4 is 0 Å². The Bertz CT molecular complexity index is 278. The van der Waals surface area contributed by atoms with Crippen LogP contribution in [-0.4, -0.2) is 22.4 Å². The molecule has 2 unspecified atom stereocenters. The molecule has 0 aromatic carbocycles. The van der Waals surface area contributed by atoms with Crippen LogP contribution in [0.2, 0.25) is 0 Å². The van der Waals surface area contributed by atoms with E-state index >= 15 is 0 Å². The summed E-state index contributed by atoms with van der Waals surface area (Å²) in [6, 6.07) is 2.46. The monoisotopic (exact) mass is 194 g/mol. The maximum absolute atomic E-state index is 11.7. The predicted octanol–water partition coefficient (Wildman–Crippen LogP) is 1.94. The van der Waals surface area contributed by atoms with Gasteiger partial charge in [0.25, 0.3) is 0 Å². The SMILES string of the molecule is CCC(C)N1C(=O)CC(C#N)C1(C)C. The van der Waals surface area contributed by atoms with Crippen LogP contribution in [0, 0.1) is 17.2 Å². The van der Waals surface area contributed by atoms with E-state index < -0.39 is 0 Å². The maximum atomic E-state index is 11.7. The van der Waals surface area contributed by atoms with Crippen molar-refractivity contribution in [3.05, 3.63) is 0 Å². The normalized spacial score (nSPS) is 27.5. The van der Waals surface area contributed by atoms with Gasteiger partial charge < -0.3 is 4.90 Å². The molecule has 0 aromatic rings. The van der Waals surface area contributed by atoms with Gasteiger partial charge in [-0.05, 0) is 27.2 Å². The molecule has 0 aromatic heterocycles. The van der Waals surface area contributed by atoms with Gasteiger partial charge in [-0.15, -0.1) is 0 Å². The average molecular weight is 194 g/mol. The van der Waals surface area contributed by atoms with E-state index in [1.807, 2.05) is 25.7 Å². The number of nitriles is 1. The summed E-state index contributed by atoms with van der Waals surface area (Å²) in [5.74, 6) is -0.0418. The smallest absolute Gasteiger partial charge is 0.224 e.